The van der Waals surface area contributed by atoms with Gasteiger partial charge in [-0.3, -0.25) is 5.10 Å². The summed E-state index contributed by atoms with van der Waals surface area (Å²) >= 11 is 1.81. The lowest BCUT2D eigenvalue weighted by Gasteiger charge is -2.00. The SMILES string of the molecule is CCc1cnc(CCNCc2ccn[nH]2)s1. The fraction of sp³-hybridized carbons (Fsp3) is 0.455. The first-order valence-corrected chi connectivity index (χ1v) is 6.32. The van der Waals surface area contributed by atoms with Crippen molar-refractivity contribution >= 4 is 11.3 Å². The zero-order valence-corrected chi connectivity index (χ0v) is 10.2. The Bertz CT molecular complexity index is 407. The number of nitrogens with one attached hydrogen (secondary N) is 2. The number of H-pyrrole nitrogens is 1. The van der Waals surface area contributed by atoms with E-state index < -0.39 is 0 Å². The maximum absolute atomic E-state index is 4.38. The second-order valence-electron chi connectivity index (χ2n) is 3.58. The highest BCUT2D eigenvalue weighted by atomic mass is 32.1. The summed E-state index contributed by atoms with van der Waals surface area (Å²) < 4.78 is 0. The number of hydrogen-bond donors (Lipinski definition) is 2. The molecule has 0 radical (unpaired) electrons. The van der Waals surface area contributed by atoms with E-state index in [1.165, 1.54) is 9.88 Å². The molecule has 86 valence electrons. The van der Waals surface area contributed by atoms with E-state index in [9.17, 15) is 0 Å². The van der Waals surface area contributed by atoms with Crippen LogP contribution >= 0.6 is 11.3 Å². The van der Waals surface area contributed by atoms with Gasteiger partial charge in [-0.2, -0.15) is 5.10 Å². The summed E-state index contributed by atoms with van der Waals surface area (Å²) in [4.78, 5) is 5.74. The molecule has 0 aromatic carbocycles. The van der Waals surface area contributed by atoms with E-state index in [0.29, 0.717) is 0 Å². The van der Waals surface area contributed by atoms with Crippen molar-refractivity contribution in [2.24, 2.45) is 0 Å². The first-order valence-electron chi connectivity index (χ1n) is 5.51. The molecule has 2 N–H and O–H groups in total. The van der Waals surface area contributed by atoms with Crippen molar-refractivity contribution in [1.82, 2.24) is 20.5 Å². The van der Waals surface area contributed by atoms with Crippen molar-refractivity contribution in [1.29, 1.82) is 0 Å². The van der Waals surface area contributed by atoms with Crippen LogP contribution in [0, 0.1) is 0 Å². The van der Waals surface area contributed by atoms with Crippen molar-refractivity contribution < 1.29 is 0 Å². The zero-order valence-electron chi connectivity index (χ0n) is 9.36. The van der Waals surface area contributed by atoms with Crippen LogP contribution in [-0.4, -0.2) is 21.7 Å². The molecular formula is C11H16N4S. The minimum Gasteiger partial charge on any atom is -0.311 e. The first-order chi connectivity index (χ1) is 7.88. The second-order valence-corrected chi connectivity index (χ2v) is 4.78. The summed E-state index contributed by atoms with van der Waals surface area (Å²) in [5.74, 6) is 0. The molecule has 0 atom stereocenters. The van der Waals surface area contributed by atoms with Crippen LogP contribution in [0.2, 0.25) is 0 Å². The summed E-state index contributed by atoms with van der Waals surface area (Å²) in [6.45, 7) is 3.95. The second kappa shape index (κ2) is 5.77. The standard InChI is InChI=1S/C11H16N4S/c1-2-10-8-13-11(16-10)4-5-12-7-9-3-6-14-15-9/h3,6,8,12H,2,4-5,7H2,1H3,(H,14,15). The summed E-state index contributed by atoms with van der Waals surface area (Å²) in [5, 5.41) is 11.4. The molecule has 5 heteroatoms. The zero-order chi connectivity index (χ0) is 11.2. The smallest absolute Gasteiger partial charge is 0.0940 e. The molecule has 4 nitrogen and oxygen atoms in total. The number of aryl methyl sites for hydroxylation is 1. The van der Waals surface area contributed by atoms with Crippen molar-refractivity contribution in [3.8, 4) is 0 Å². The highest BCUT2D eigenvalue weighted by molar-refractivity contribution is 7.11. The van der Waals surface area contributed by atoms with Crippen LogP contribution in [0.15, 0.2) is 18.5 Å². The fourth-order valence-electron chi connectivity index (χ4n) is 1.43. The maximum Gasteiger partial charge on any atom is 0.0940 e. The lowest BCUT2D eigenvalue weighted by atomic mass is 10.4. The summed E-state index contributed by atoms with van der Waals surface area (Å²) in [7, 11) is 0. The largest absolute Gasteiger partial charge is 0.311 e. The molecule has 0 aliphatic heterocycles. The molecule has 0 bridgehead atoms. The molecule has 0 amide bonds. The van der Waals surface area contributed by atoms with Gasteiger partial charge in [0.15, 0.2) is 0 Å². The molecule has 0 fully saturated rings. The van der Waals surface area contributed by atoms with Gasteiger partial charge in [0, 0.05) is 42.5 Å². The Labute approximate surface area is 99.1 Å². The minimum atomic E-state index is 0.839. The van der Waals surface area contributed by atoms with Gasteiger partial charge < -0.3 is 5.32 Å². The van der Waals surface area contributed by atoms with Crippen LogP contribution in [0.1, 0.15) is 22.5 Å². The van der Waals surface area contributed by atoms with E-state index in [0.717, 1.165) is 31.6 Å². The molecule has 2 aromatic rings. The van der Waals surface area contributed by atoms with Crippen LogP contribution in [0.4, 0.5) is 0 Å². The topological polar surface area (TPSA) is 53.6 Å². The van der Waals surface area contributed by atoms with Gasteiger partial charge in [0.1, 0.15) is 0 Å². The highest BCUT2D eigenvalue weighted by Gasteiger charge is 2.00. The van der Waals surface area contributed by atoms with Gasteiger partial charge in [-0.1, -0.05) is 6.92 Å². The number of nitrogens with zero attached hydrogens (tertiary/aromatic N) is 2. The van der Waals surface area contributed by atoms with Crippen LogP contribution in [-0.2, 0) is 19.4 Å². The van der Waals surface area contributed by atoms with E-state index in [2.05, 4.69) is 27.4 Å². The monoisotopic (exact) mass is 236 g/mol. The quantitative estimate of drug-likeness (QED) is 0.751. The van der Waals surface area contributed by atoms with E-state index in [-0.39, 0.29) is 0 Å². The Morgan fingerprint density at radius 1 is 1.50 bits per heavy atom. The van der Waals surface area contributed by atoms with E-state index in [4.69, 9.17) is 0 Å². The van der Waals surface area contributed by atoms with Gasteiger partial charge in [-0.25, -0.2) is 4.98 Å². The van der Waals surface area contributed by atoms with Gasteiger partial charge in [0.2, 0.25) is 0 Å². The Hall–Kier alpha value is -1.20. The Balaban J connectivity index is 1.68. The van der Waals surface area contributed by atoms with Gasteiger partial charge in [0.05, 0.1) is 5.01 Å². The molecule has 2 aromatic heterocycles. The molecule has 2 heterocycles. The molecule has 0 aliphatic rings. The predicted molar refractivity (Wildman–Crippen MR) is 65.5 cm³/mol. The van der Waals surface area contributed by atoms with Crippen molar-refractivity contribution in [3.05, 3.63) is 34.0 Å². The Kier molecular flexibility index (Phi) is 4.07. The Morgan fingerprint density at radius 2 is 2.44 bits per heavy atom. The first kappa shape index (κ1) is 11.3. The summed E-state index contributed by atoms with van der Waals surface area (Å²) in [5.41, 5.74) is 1.12. The maximum atomic E-state index is 4.38. The molecule has 0 unspecified atom stereocenters. The third-order valence-electron chi connectivity index (χ3n) is 2.34. The van der Waals surface area contributed by atoms with E-state index in [1.807, 2.05) is 23.6 Å². The average molecular weight is 236 g/mol. The van der Waals surface area contributed by atoms with Crippen molar-refractivity contribution in [2.45, 2.75) is 26.3 Å². The molecular weight excluding hydrogens is 220 g/mol. The molecule has 0 saturated heterocycles. The number of hydrogen-bond acceptors (Lipinski definition) is 4. The van der Waals surface area contributed by atoms with Crippen molar-refractivity contribution in [2.75, 3.05) is 6.54 Å². The number of aromatic nitrogens is 3. The van der Waals surface area contributed by atoms with Crippen molar-refractivity contribution in [3.63, 3.8) is 0 Å². The van der Waals surface area contributed by atoms with Gasteiger partial charge >= 0.3 is 0 Å². The van der Waals surface area contributed by atoms with Gasteiger partial charge in [0.25, 0.3) is 0 Å². The third kappa shape index (κ3) is 3.15. The molecule has 2 rings (SSSR count). The fourth-order valence-corrected chi connectivity index (χ4v) is 2.29. The Morgan fingerprint density at radius 3 is 3.12 bits per heavy atom. The molecule has 0 aliphatic carbocycles. The lowest BCUT2D eigenvalue weighted by Crippen LogP contribution is -2.16. The van der Waals surface area contributed by atoms with Crippen LogP contribution in [0.25, 0.3) is 0 Å². The van der Waals surface area contributed by atoms with Crippen LogP contribution < -0.4 is 5.32 Å². The van der Waals surface area contributed by atoms with Crippen LogP contribution in [0.3, 0.4) is 0 Å². The number of rotatable bonds is 6. The normalized spacial score (nSPS) is 10.8. The lowest BCUT2D eigenvalue weighted by molar-refractivity contribution is 0.671. The van der Waals surface area contributed by atoms with E-state index >= 15 is 0 Å². The van der Waals surface area contributed by atoms with Gasteiger partial charge in [-0.05, 0) is 12.5 Å². The average Bonchev–Trinajstić information content (AvgIpc) is 2.95. The number of aromatic amines is 1. The molecule has 0 spiro atoms. The predicted octanol–water partition coefficient (Wildman–Crippen LogP) is 1.76. The highest BCUT2D eigenvalue weighted by Crippen LogP contribution is 2.13. The summed E-state index contributed by atoms with van der Waals surface area (Å²) in [6, 6.07) is 1.98. The van der Waals surface area contributed by atoms with Crippen LogP contribution in [0.5, 0.6) is 0 Å². The molecule has 16 heavy (non-hydrogen) atoms. The van der Waals surface area contributed by atoms with Gasteiger partial charge in [-0.15, -0.1) is 11.3 Å². The third-order valence-corrected chi connectivity index (χ3v) is 3.54. The molecule has 0 saturated carbocycles. The number of thiazole rings is 1. The minimum absolute atomic E-state index is 0.839. The summed E-state index contributed by atoms with van der Waals surface area (Å²) in [6.07, 6.45) is 5.83. The van der Waals surface area contributed by atoms with E-state index in [1.54, 1.807) is 6.20 Å².